The molecule has 0 bridgehead atoms. The number of benzene rings is 1. The third-order valence-corrected chi connectivity index (χ3v) is 6.98. The van der Waals surface area contributed by atoms with E-state index in [9.17, 15) is 4.79 Å². The van der Waals surface area contributed by atoms with Crippen molar-refractivity contribution < 1.29 is 14.3 Å². The lowest BCUT2D eigenvalue weighted by Gasteiger charge is -2.36. The molecule has 1 aliphatic heterocycles. The van der Waals surface area contributed by atoms with E-state index < -0.39 is 0 Å². The molecule has 3 heterocycles. The van der Waals surface area contributed by atoms with Crippen LogP contribution in [0.3, 0.4) is 0 Å². The van der Waals surface area contributed by atoms with Crippen LogP contribution in [0.5, 0.6) is 11.5 Å². The lowest BCUT2D eigenvalue weighted by Crippen LogP contribution is -2.50. The van der Waals surface area contributed by atoms with Gasteiger partial charge in [-0.05, 0) is 25.0 Å². The third-order valence-electron chi connectivity index (χ3n) is 6.68. The van der Waals surface area contributed by atoms with Gasteiger partial charge in [-0.1, -0.05) is 24.4 Å². The first-order chi connectivity index (χ1) is 16.1. The zero-order chi connectivity index (χ0) is 22.9. The van der Waals surface area contributed by atoms with Gasteiger partial charge in [-0.15, -0.1) is 0 Å². The number of anilines is 1. The van der Waals surface area contributed by atoms with E-state index in [2.05, 4.69) is 4.90 Å². The molecular weight excluding hydrogens is 442 g/mol. The molecule has 0 N–H and O–H groups in total. The summed E-state index contributed by atoms with van der Waals surface area (Å²) in [6.45, 7) is 3.03. The minimum absolute atomic E-state index is 0.234. The van der Waals surface area contributed by atoms with E-state index in [1.165, 1.54) is 12.8 Å². The number of hydrogen-bond acceptors (Lipinski definition) is 6. The Morgan fingerprint density at radius 3 is 2.45 bits per heavy atom. The number of carbonyl (C=O) groups excluding carboxylic acids is 1. The number of ether oxygens (including phenoxy) is 2. The number of imidazole rings is 1. The van der Waals surface area contributed by atoms with Crippen LogP contribution in [0, 0.1) is 5.92 Å². The number of piperazine rings is 1. The van der Waals surface area contributed by atoms with Crippen LogP contribution in [0.2, 0.25) is 5.02 Å². The number of nitrogens with zero attached hydrogens (tertiary/aromatic N) is 5. The van der Waals surface area contributed by atoms with Crippen LogP contribution in [0.25, 0.3) is 17.0 Å². The molecule has 8 nitrogen and oxygen atoms in total. The van der Waals surface area contributed by atoms with Crippen molar-refractivity contribution in [2.45, 2.75) is 25.7 Å². The van der Waals surface area contributed by atoms with Gasteiger partial charge in [0, 0.05) is 56.1 Å². The molecule has 1 saturated carbocycles. The maximum atomic E-state index is 12.7. The second-order valence-corrected chi connectivity index (χ2v) is 9.01. The Balaban J connectivity index is 1.34. The van der Waals surface area contributed by atoms with E-state index in [1.807, 2.05) is 27.8 Å². The first kappa shape index (κ1) is 21.8. The Labute approximate surface area is 198 Å². The summed E-state index contributed by atoms with van der Waals surface area (Å²) in [5.41, 5.74) is 1.49. The fourth-order valence-electron chi connectivity index (χ4n) is 4.82. The van der Waals surface area contributed by atoms with Crippen molar-refractivity contribution in [1.82, 2.24) is 19.3 Å². The molecular formula is C24H28ClN5O3. The standard InChI is InChI=1S/C24H28ClN5O3/c1-32-20-14-21(33-2)18(25)13-17(20)19-15-30-8-7-22(27-24(30)26-19)28-9-11-29(12-10-28)23(31)16-5-3-4-6-16/h7-8,13-16H,3-6,9-12H2,1-2H3. The van der Waals surface area contributed by atoms with Gasteiger partial charge in [-0.2, -0.15) is 4.98 Å². The third kappa shape index (κ3) is 4.19. The van der Waals surface area contributed by atoms with E-state index >= 15 is 0 Å². The zero-order valence-electron chi connectivity index (χ0n) is 19.0. The maximum absolute atomic E-state index is 12.7. The first-order valence-corrected chi connectivity index (χ1v) is 11.8. The SMILES string of the molecule is COc1cc(OC)c(-c2cn3ccc(N4CCN(C(=O)C5CCCC5)CC4)nc3n2)cc1Cl. The summed E-state index contributed by atoms with van der Waals surface area (Å²) in [5, 5.41) is 0.490. The van der Waals surface area contributed by atoms with Gasteiger partial charge >= 0.3 is 0 Å². The van der Waals surface area contributed by atoms with Crippen LogP contribution >= 0.6 is 11.6 Å². The molecule has 0 radical (unpaired) electrons. The predicted molar refractivity (Wildman–Crippen MR) is 127 cm³/mol. The Hall–Kier alpha value is -3.00. The summed E-state index contributed by atoms with van der Waals surface area (Å²) in [6.07, 6.45) is 8.32. The van der Waals surface area contributed by atoms with E-state index in [4.69, 9.17) is 31.0 Å². The molecule has 2 fully saturated rings. The highest BCUT2D eigenvalue weighted by atomic mass is 35.5. The normalized spacial score (nSPS) is 17.1. The van der Waals surface area contributed by atoms with Gasteiger partial charge in [0.1, 0.15) is 17.3 Å². The quantitative estimate of drug-likeness (QED) is 0.564. The van der Waals surface area contributed by atoms with Crippen molar-refractivity contribution in [3.63, 3.8) is 0 Å². The Kier molecular flexibility index (Phi) is 6.01. The van der Waals surface area contributed by atoms with E-state index in [0.29, 0.717) is 33.9 Å². The van der Waals surface area contributed by atoms with Gasteiger partial charge in [-0.3, -0.25) is 9.20 Å². The average molecular weight is 470 g/mol. The number of rotatable bonds is 5. The smallest absolute Gasteiger partial charge is 0.236 e. The van der Waals surface area contributed by atoms with Crippen molar-refractivity contribution in [3.8, 4) is 22.8 Å². The van der Waals surface area contributed by atoms with E-state index in [-0.39, 0.29) is 5.92 Å². The van der Waals surface area contributed by atoms with Gasteiger partial charge in [0.25, 0.3) is 0 Å². The number of fused-ring (bicyclic) bond motifs is 1. The van der Waals surface area contributed by atoms with Crippen molar-refractivity contribution >= 4 is 29.1 Å². The van der Waals surface area contributed by atoms with Gasteiger partial charge in [0.05, 0.1) is 24.9 Å². The van der Waals surface area contributed by atoms with E-state index in [1.54, 1.807) is 26.4 Å². The van der Waals surface area contributed by atoms with Crippen molar-refractivity contribution in [2.24, 2.45) is 5.92 Å². The molecule has 2 aromatic heterocycles. The van der Waals surface area contributed by atoms with Crippen LogP contribution < -0.4 is 14.4 Å². The van der Waals surface area contributed by atoms with Crippen LogP contribution in [0.15, 0.2) is 30.6 Å². The molecule has 33 heavy (non-hydrogen) atoms. The first-order valence-electron chi connectivity index (χ1n) is 11.4. The number of hydrogen-bond donors (Lipinski definition) is 0. The van der Waals surface area contributed by atoms with Crippen LogP contribution in [-0.4, -0.2) is 65.6 Å². The molecule has 1 saturated heterocycles. The number of amides is 1. The monoisotopic (exact) mass is 469 g/mol. The number of methoxy groups -OCH3 is 2. The van der Waals surface area contributed by atoms with Gasteiger partial charge in [-0.25, -0.2) is 4.98 Å². The lowest BCUT2D eigenvalue weighted by atomic mass is 10.1. The Bertz CT molecular complexity index is 1170. The van der Waals surface area contributed by atoms with E-state index in [0.717, 1.165) is 50.4 Å². The minimum atomic E-state index is 0.234. The van der Waals surface area contributed by atoms with Crippen molar-refractivity contribution in [2.75, 3.05) is 45.3 Å². The summed E-state index contributed by atoms with van der Waals surface area (Å²) < 4.78 is 12.7. The largest absolute Gasteiger partial charge is 0.496 e. The van der Waals surface area contributed by atoms with Crippen molar-refractivity contribution in [3.05, 3.63) is 35.6 Å². The zero-order valence-corrected chi connectivity index (χ0v) is 19.7. The maximum Gasteiger partial charge on any atom is 0.236 e. The molecule has 0 spiro atoms. The average Bonchev–Trinajstić information content (AvgIpc) is 3.53. The molecule has 0 unspecified atom stereocenters. The number of aromatic nitrogens is 3. The Morgan fingerprint density at radius 1 is 1.03 bits per heavy atom. The molecule has 3 aromatic rings. The summed E-state index contributed by atoms with van der Waals surface area (Å²) in [4.78, 5) is 26.5. The second-order valence-electron chi connectivity index (χ2n) is 8.60. The topological polar surface area (TPSA) is 72.2 Å². The fraction of sp³-hybridized carbons (Fsp3) is 0.458. The molecule has 2 aliphatic rings. The molecule has 5 rings (SSSR count). The molecule has 9 heteroatoms. The molecule has 174 valence electrons. The number of carbonyl (C=O) groups is 1. The molecule has 1 amide bonds. The summed E-state index contributed by atoms with van der Waals surface area (Å²) >= 11 is 6.34. The summed E-state index contributed by atoms with van der Waals surface area (Å²) in [6, 6.07) is 5.54. The molecule has 1 aliphatic carbocycles. The fourth-order valence-corrected chi connectivity index (χ4v) is 5.06. The summed E-state index contributed by atoms with van der Waals surface area (Å²) in [7, 11) is 3.18. The van der Waals surface area contributed by atoms with Crippen LogP contribution in [0.1, 0.15) is 25.7 Å². The van der Waals surface area contributed by atoms with Crippen molar-refractivity contribution in [1.29, 1.82) is 0 Å². The van der Waals surface area contributed by atoms with Gasteiger partial charge in [0.15, 0.2) is 0 Å². The molecule has 1 aromatic carbocycles. The van der Waals surface area contributed by atoms with Gasteiger partial charge < -0.3 is 19.3 Å². The van der Waals surface area contributed by atoms with Crippen LogP contribution in [-0.2, 0) is 4.79 Å². The van der Waals surface area contributed by atoms with Crippen LogP contribution in [0.4, 0.5) is 5.82 Å². The highest BCUT2D eigenvalue weighted by Gasteiger charge is 2.29. The second kappa shape index (κ2) is 9.09. The lowest BCUT2D eigenvalue weighted by molar-refractivity contribution is -0.135. The highest BCUT2D eigenvalue weighted by Crippen LogP contribution is 2.38. The van der Waals surface area contributed by atoms with Gasteiger partial charge in [0.2, 0.25) is 11.7 Å². The Morgan fingerprint density at radius 2 is 1.76 bits per heavy atom. The number of halogens is 1. The minimum Gasteiger partial charge on any atom is -0.496 e. The highest BCUT2D eigenvalue weighted by molar-refractivity contribution is 6.32. The summed E-state index contributed by atoms with van der Waals surface area (Å²) in [5.74, 6) is 3.21. The molecule has 0 atom stereocenters. The predicted octanol–water partition coefficient (Wildman–Crippen LogP) is 3.91.